The first-order valence-electron chi connectivity index (χ1n) is 7.89. The van der Waals surface area contributed by atoms with Crippen molar-refractivity contribution in [2.75, 3.05) is 18.5 Å². The average Bonchev–Trinajstić information content (AvgIpc) is 2.83. The summed E-state index contributed by atoms with van der Waals surface area (Å²) in [5, 5.41) is 7.40. The van der Waals surface area contributed by atoms with Crippen LogP contribution in [0.5, 0.6) is 5.75 Å². The van der Waals surface area contributed by atoms with Gasteiger partial charge in [0.1, 0.15) is 5.75 Å². The molecule has 3 rings (SSSR count). The van der Waals surface area contributed by atoms with Gasteiger partial charge in [-0.15, -0.1) is 0 Å². The van der Waals surface area contributed by atoms with Crippen LogP contribution in [0.25, 0.3) is 0 Å². The van der Waals surface area contributed by atoms with Crippen molar-refractivity contribution in [3.8, 4) is 5.75 Å². The Kier molecular flexibility index (Phi) is 4.23. The highest BCUT2D eigenvalue weighted by Crippen LogP contribution is 2.26. The summed E-state index contributed by atoms with van der Waals surface area (Å²) in [6.07, 6.45) is 0.843. The van der Waals surface area contributed by atoms with Gasteiger partial charge in [0.2, 0.25) is 0 Å². The lowest BCUT2D eigenvalue weighted by molar-refractivity contribution is 0.204. The SMILES string of the molecule is CCOc1ccccc1NC(=O)N1CCc2c(C)nn(C)c2C1. The minimum Gasteiger partial charge on any atom is -0.492 e. The lowest BCUT2D eigenvalue weighted by Crippen LogP contribution is -2.39. The number of hydrogen-bond acceptors (Lipinski definition) is 3. The molecule has 6 heteroatoms. The fourth-order valence-corrected chi connectivity index (χ4v) is 3.00. The molecular formula is C17H22N4O2. The number of carbonyl (C=O) groups excluding carboxylic acids is 1. The van der Waals surface area contributed by atoms with Gasteiger partial charge in [-0.2, -0.15) is 5.10 Å². The Morgan fingerprint density at radius 3 is 2.96 bits per heavy atom. The molecule has 2 aromatic rings. The fourth-order valence-electron chi connectivity index (χ4n) is 3.00. The van der Waals surface area contributed by atoms with E-state index in [1.54, 1.807) is 0 Å². The van der Waals surface area contributed by atoms with Crippen LogP contribution in [-0.2, 0) is 20.0 Å². The molecule has 1 aliphatic rings. The van der Waals surface area contributed by atoms with E-state index in [0.29, 0.717) is 31.1 Å². The molecule has 0 aliphatic carbocycles. The molecule has 23 heavy (non-hydrogen) atoms. The number of urea groups is 1. The van der Waals surface area contributed by atoms with E-state index in [-0.39, 0.29) is 6.03 Å². The average molecular weight is 314 g/mol. The van der Waals surface area contributed by atoms with Crippen LogP contribution in [0.4, 0.5) is 10.5 Å². The molecule has 1 aliphatic heterocycles. The van der Waals surface area contributed by atoms with Crippen LogP contribution in [0.2, 0.25) is 0 Å². The van der Waals surface area contributed by atoms with E-state index >= 15 is 0 Å². The van der Waals surface area contributed by atoms with Gasteiger partial charge in [0, 0.05) is 13.6 Å². The summed E-state index contributed by atoms with van der Waals surface area (Å²) >= 11 is 0. The van der Waals surface area contributed by atoms with Crippen molar-refractivity contribution in [1.82, 2.24) is 14.7 Å². The Hall–Kier alpha value is -2.50. The van der Waals surface area contributed by atoms with Crippen LogP contribution in [0, 0.1) is 6.92 Å². The molecule has 0 bridgehead atoms. The maximum absolute atomic E-state index is 12.6. The zero-order valence-electron chi connectivity index (χ0n) is 13.8. The van der Waals surface area contributed by atoms with Gasteiger partial charge in [0.05, 0.1) is 30.2 Å². The molecule has 0 fully saturated rings. The van der Waals surface area contributed by atoms with Crippen LogP contribution in [0.3, 0.4) is 0 Å². The minimum atomic E-state index is -0.110. The van der Waals surface area contributed by atoms with Crippen LogP contribution >= 0.6 is 0 Å². The molecule has 0 unspecified atom stereocenters. The number of carbonyl (C=O) groups is 1. The molecule has 122 valence electrons. The number of rotatable bonds is 3. The Labute approximate surface area is 136 Å². The number of fused-ring (bicyclic) bond motifs is 1. The van der Waals surface area contributed by atoms with Gasteiger partial charge in [-0.25, -0.2) is 4.79 Å². The lowest BCUT2D eigenvalue weighted by atomic mass is 10.1. The van der Waals surface area contributed by atoms with Crippen molar-refractivity contribution in [3.63, 3.8) is 0 Å². The first kappa shape index (κ1) is 15.4. The summed E-state index contributed by atoms with van der Waals surface area (Å²) in [5.41, 5.74) is 4.14. The van der Waals surface area contributed by atoms with Gasteiger partial charge < -0.3 is 15.0 Å². The number of aryl methyl sites for hydroxylation is 2. The van der Waals surface area contributed by atoms with Gasteiger partial charge in [-0.1, -0.05) is 12.1 Å². The molecule has 0 radical (unpaired) electrons. The summed E-state index contributed by atoms with van der Waals surface area (Å²) in [4.78, 5) is 14.4. The van der Waals surface area contributed by atoms with E-state index in [9.17, 15) is 4.79 Å². The Balaban J connectivity index is 1.74. The highest BCUT2D eigenvalue weighted by molar-refractivity contribution is 5.91. The molecule has 0 atom stereocenters. The Morgan fingerprint density at radius 1 is 1.39 bits per heavy atom. The number of benzene rings is 1. The maximum atomic E-state index is 12.6. The van der Waals surface area contributed by atoms with E-state index in [4.69, 9.17) is 4.74 Å². The molecule has 1 aromatic heterocycles. The van der Waals surface area contributed by atoms with Crippen molar-refractivity contribution in [2.45, 2.75) is 26.8 Å². The second kappa shape index (κ2) is 6.32. The van der Waals surface area contributed by atoms with E-state index < -0.39 is 0 Å². The third-order valence-corrected chi connectivity index (χ3v) is 4.16. The number of ether oxygens (including phenoxy) is 1. The molecule has 0 saturated carbocycles. The van der Waals surface area contributed by atoms with Crippen molar-refractivity contribution in [3.05, 3.63) is 41.2 Å². The Bertz CT molecular complexity index is 723. The third kappa shape index (κ3) is 3.02. The molecule has 6 nitrogen and oxygen atoms in total. The highest BCUT2D eigenvalue weighted by Gasteiger charge is 2.25. The van der Waals surface area contributed by atoms with Crippen LogP contribution in [0.15, 0.2) is 24.3 Å². The molecule has 0 spiro atoms. The van der Waals surface area contributed by atoms with E-state index in [0.717, 1.165) is 17.8 Å². The van der Waals surface area contributed by atoms with E-state index in [1.165, 1.54) is 5.56 Å². The molecular weight excluding hydrogens is 292 g/mol. The largest absolute Gasteiger partial charge is 0.492 e. The van der Waals surface area contributed by atoms with Gasteiger partial charge in [-0.05, 0) is 38.0 Å². The zero-order valence-corrected chi connectivity index (χ0v) is 13.8. The van der Waals surface area contributed by atoms with Crippen molar-refractivity contribution in [1.29, 1.82) is 0 Å². The van der Waals surface area contributed by atoms with Crippen LogP contribution in [-0.4, -0.2) is 33.9 Å². The number of nitrogens with one attached hydrogen (secondary N) is 1. The van der Waals surface area contributed by atoms with Crippen molar-refractivity contribution >= 4 is 11.7 Å². The van der Waals surface area contributed by atoms with Gasteiger partial charge in [-0.3, -0.25) is 4.68 Å². The number of amides is 2. The van der Waals surface area contributed by atoms with Gasteiger partial charge >= 0.3 is 6.03 Å². The molecule has 1 aromatic carbocycles. The normalized spacial score (nSPS) is 13.6. The number of para-hydroxylation sites is 2. The quantitative estimate of drug-likeness (QED) is 0.947. The minimum absolute atomic E-state index is 0.110. The van der Waals surface area contributed by atoms with Gasteiger partial charge in [0.15, 0.2) is 0 Å². The summed E-state index contributed by atoms with van der Waals surface area (Å²) in [7, 11) is 1.93. The fraction of sp³-hybridized carbons (Fsp3) is 0.412. The van der Waals surface area contributed by atoms with Crippen molar-refractivity contribution in [2.24, 2.45) is 7.05 Å². The highest BCUT2D eigenvalue weighted by atomic mass is 16.5. The summed E-state index contributed by atoms with van der Waals surface area (Å²) < 4.78 is 7.43. The number of anilines is 1. The first-order valence-corrected chi connectivity index (χ1v) is 7.89. The number of aromatic nitrogens is 2. The topological polar surface area (TPSA) is 59.4 Å². The van der Waals surface area contributed by atoms with Crippen LogP contribution < -0.4 is 10.1 Å². The monoisotopic (exact) mass is 314 g/mol. The molecule has 2 heterocycles. The zero-order chi connectivity index (χ0) is 16.4. The predicted octanol–water partition coefficient (Wildman–Crippen LogP) is 2.72. The number of nitrogens with zero attached hydrogens (tertiary/aromatic N) is 3. The third-order valence-electron chi connectivity index (χ3n) is 4.16. The summed E-state index contributed by atoms with van der Waals surface area (Å²) in [6.45, 7) is 5.79. The number of hydrogen-bond donors (Lipinski definition) is 1. The van der Waals surface area contributed by atoms with Crippen LogP contribution in [0.1, 0.15) is 23.9 Å². The smallest absolute Gasteiger partial charge is 0.322 e. The maximum Gasteiger partial charge on any atom is 0.322 e. The lowest BCUT2D eigenvalue weighted by Gasteiger charge is -2.28. The summed E-state index contributed by atoms with van der Waals surface area (Å²) in [6, 6.07) is 7.38. The van der Waals surface area contributed by atoms with Crippen molar-refractivity contribution < 1.29 is 9.53 Å². The molecule has 2 amide bonds. The van der Waals surface area contributed by atoms with Gasteiger partial charge in [0.25, 0.3) is 0 Å². The van der Waals surface area contributed by atoms with E-state index in [2.05, 4.69) is 10.4 Å². The van der Waals surface area contributed by atoms with E-state index in [1.807, 2.05) is 54.7 Å². The second-order valence-corrected chi connectivity index (χ2v) is 5.67. The Morgan fingerprint density at radius 2 is 2.17 bits per heavy atom. The summed E-state index contributed by atoms with van der Waals surface area (Å²) in [5.74, 6) is 0.692. The molecule has 0 saturated heterocycles. The first-order chi connectivity index (χ1) is 11.1. The standard InChI is InChI=1S/C17H22N4O2/c1-4-23-16-8-6-5-7-14(16)18-17(22)21-10-9-13-12(2)19-20(3)15(13)11-21/h5-8H,4,9-11H2,1-3H3,(H,18,22). The predicted molar refractivity (Wildman–Crippen MR) is 88.7 cm³/mol. The molecule has 1 N–H and O–H groups in total. The second-order valence-electron chi connectivity index (χ2n) is 5.67.